The normalized spacial score (nSPS) is 24.5. The Balaban J connectivity index is 2.29. The van der Waals surface area contributed by atoms with Crippen LogP contribution in [-0.4, -0.2) is 53.8 Å². The predicted molar refractivity (Wildman–Crippen MR) is 91.0 cm³/mol. The Labute approximate surface area is 134 Å². The van der Waals surface area contributed by atoms with E-state index in [1.54, 1.807) is 4.90 Å². The van der Waals surface area contributed by atoms with Gasteiger partial charge in [0, 0.05) is 24.9 Å². The van der Waals surface area contributed by atoms with Crippen LogP contribution < -0.4 is 5.32 Å². The maximum absolute atomic E-state index is 11.9. The van der Waals surface area contributed by atoms with Crippen LogP contribution in [0.3, 0.4) is 0 Å². The topological polar surface area (TPSA) is 41.6 Å². The lowest BCUT2D eigenvalue weighted by atomic mass is 10.1. The Kier molecular flexibility index (Phi) is 7.34. The Bertz CT molecular complexity index is 331. The predicted octanol–water partition coefficient (Wildman–Crippen LogP) is 3.36. The zero-order valence-electron chi connectivity index (χ0n) is 14.4. The van der Waals surface area contributed by atoms with Gasteiger partial charge in [-0.2, -0.15) is 11.8 Å². The number of amides is 1. The van der Waals surface area contributed by atoms with Crippen LogP contribution in [0.1, 0.15) is 47.5 Å². The zero-order chi connectivity index (χ0) is 16.0. The summed E-state index contributed by atoms with van der Waals surface area (Å²) in [6.45, 7) is 11.8. The molecule has 4 nitrogen and oxygen atoms in total. The molecule has 1 aliphatic rings. The molecular weight excluding hydrogens is 284 g/mol. The smallest absolute Gasteiger partial charge is 0.410 e. The number of carbonyl (C=O) groups is 1. The lowest BCUT2D eigenvalue weighted by molar-refractivity contribution is 0.0276. The molecular formula is C16H32N2O2S. The molecule has 0 spiro atoms. The van der Waals surface area contributed by atoms with Gasteiger partial charge in [0.15, 0.2) is 0 Å². The molecule has 1 N–H and O–H groups in total. The summed E-state index contributed by atoms with van der Waals surface area (Å²) in [6.07, 6.45) is 2.33. The first-order valence-corrected chi connectivity index (χ1v) is 9.03. The summed E-state index contributed by atoms with van der Waals surface area (Å²) < 4.78 is 5.38. The third kappa shape index (κ3) is 7.41. The van der Waals surface area contributed by atoms with Crippen LogP contribution in [0.25, 0.3) is 0 Å². The van der Waals surface area contributed by atoms with Crippen molar-refractivity contribution in [1.82, 2.24) is 10.2 Å². The summed E-state index contributed by atoms with van der Waals surface area (Å²) in [5.74, 6) is 1.71. The molecule has 1 amide bonds. The minimum atomic E-state index is -0.429. The maximum atomic E-state index is 11.9. The molecule has 21 heavy (non-hydrogen) atoms. The molecule has 3 unspecified atom stereocenters. The Morgan fingerprint density at radius 2 is 2.14 bits per heavy atom. The monoisotopic (exact) mass is 316 g/mol. The number of hydrogen-bond acceptors (Lipinski definition) is 4. The van der Waals surface area contributed by atoms with Crippen molar-refractivity contribution in [3.63, 3.8) is 0 Å². The van der Waals surface area contributed by atoms with E-state index in [9.17, 15) is 4.79 Å². The SMILES string of the molecule is CC(CNC1CCCSC1C)CN(C)C(=O)OC(C)(C)C. The average molecular weight is 317 g/mol. The molecule has 1 rings (SSSR count). The molecule has 1 aliphatic heterocycles. The van der Waals surface area contributed by atoms with Gasteiger partial charge in [0.25, 0.3) is 0 Å². The van der Waals surface area contributed by atoms with E-state index in [2.05, 4.69) is 30.9 Å². The van der Waals surface area contributed by atoms with Crippen LogP contribution in [0.15, 0.2) is 0 Å². The molecule has 0 aliphatic carbocycles. The van der Waals surface area contributed by atoms with Crippen molar-refractivity contribution in [2.24, 2.45) is 5.92 Å². The highest BCUT2D eigenvalue weighted by atomic mass is 32.2. The zero-order valence-corrected chi connectivity index (χ0v) is 15.3. The largest absolute Gasteiger partial charge is 0.444 e. The van der Waals surface area contributed by atoms with E-state index in [0.717, 1.165) is 13.1 Å². The number of nitrogens with one attached hydrogen (secondary N) is 1. The molecule has 1 saturated heterocycles. The second-order valence-corrected chi connectivity index (χ2v) is 8.68. The van der Waals surface area contributed by atoms with Gasteiger partial charge in [-0.1, -0.05) is 13.8 Å². The molecule has 0 aromatic rings. The summed E-state index contributed by atoms with van der Waals surface area (Å²) in [5, 5.41) is 4.35. The van der Waals surface area contributed by atoms with Gasteiger partial charge < -0.3 is 15.0 Å². The number of hydrogen-bond donors (Lipinski definition) is 1. The molecule has 0 aromatic heterocycles. The van der Waals surface area contributed by atoms with Crippen LogP contribution in [0.5, 0.6) is 0 Å². The van der Waals surface area contributed by atoms with Gasteiger partial charge in [-0.3, -0.25) is 0 Å². The lowest BCUT2D eigenvalue weighted by Crippen LogP contribution is -2.44. The van der Waals surface area contributed by atoms with Crippen LogP contribution in [0.2, 0.25) is 0 Å². The Morgan fingerprint density at radius 1 is 1.48 bits per heavy atom. The highest BCUT2D eigenvalue weighted by Crippen LogP contribution is 2.25. The quantitative estimate of drug-likeness (QED) is 0.844. The number of rotatable bonds is 5. The fourth-order valence-corrected chi connectivity index (χ4v) is 3.66. The first-order chi connectivity index (χ1) is 9.69. The summed E-state index contributed by atoms with van der Waals surface area (Å²) in [7, 11) is 1.81. The molecule has 0 aromatic carbocycles. The van der Waals surface area contributed by atoms with Crippen molar-refractivity contribution in [1.29, 1.82) is 0 Å². The van der Waals surface area contributed by atoms with Crippen molar-refractivity contribution in [2.45, 2.75) is 64.4 Å². The molecule has 0 saturated carbocycles. The summed E-state index contributed by atoms with van der Waals surface area (Å²) >= 11 is 2.06. The number of ether oxygens (including phenoxy) is 1. The standard InChI is InChI=1S/C16H32N2O2S/c1-12(10-17-14-8-7-9-21-13(14)2)11-18(6)15(19)20-16(3,4)5/h12-14,17H,7-11H2,1-6H3. The van der Waals surface area contributed by atoms with Crippen LogP contribution in [0, 0.1) is 5.92 Å². The van der Waals surface area contributed by atoms with Gasteiger partial charge in [0.05, 0.1) is 0 Å². The Morgan fingerprint density at radius 3 is 2.71 bits per heavy atom. The van der Waals surface area contributed by atoms with E-state index in [1.807, 2.05) is 27.8 Å². The van der Waals surface area contributed by atoms with Gasteiger partial charge >= 0.3 is 6.09 Å². The molecule has 124 valence electrons. The molecule has 0 bridgehead atoms. The van der Waals surface area contributed by atoms with E-state index < -0.39 is 5.60 Å². The molecule has 1 heterocycles. The van der Waals surface area contributed by atoms with Crippen LogP contribution in [-0.2, 0) is 4.74 Å². The fraction of sp³-hybridized carbons (Fsp3) is 0.938. The van der Waals surface area contributed by atoms with Gasteiger partial charge in [-0.25, -0.2) is 4.79 Å². The number of thioether (sulfide) groups is 1. The molecule has 5 heteroatoms. The van der Waals surface area contributed by atoms with Crippen LogP contribution >= 0.6 is 11.8 Å². The second kappa shape index (κ2) is 8.28. The van der Waals surface area contributed by atoms with E-state index in [-0.39, 0.29) is 6.09 Å². The van der Waals surface area contributed by atoms with E-state index in [4.69, 9.17) is 4.74 Å². The first kappa shape index (κ1) is 18.6. The van der Waals surface area contributed by atoms with Crippen molar-refractivity contribution in [3.8, 4) is 0 Å². The summed E-state index contributed by atoms with van der Waals surface area (Å²) in [6, 6.07) is 0.609. The van der Waals surface area contributed by atoms with Crippen molar-refractivity contribution < 1.29 is 9.53 Å². The minimum absolute atomic E-state index is 0.240. The molecule has 3 atom stereocenters. The van der Waals surface area contributed by atoms with Crippen LogP contribution in [0.4, 0.5) is 4.79 Å². The van der Waals surface area contributed by atoms with Gasteiger partial charge in [0.2, 0.25) is 0 Å². The summed E-state index contributed by atoms with van der Waals surface area (Å²) in [5.41, 5.74) is -0.429. The Hall–Kier alpha value is -0.420. The second-order valence-electron chi connectivity index (χ2n) is 7.20. The molecule has 1 fully saturated rings. The summed E-state index contributed by atoms with van der Waals surface area (Å²) in [4.78, 5) is 13.6. The first-order valence-electron chi connectivity index (χ1n) is 7.98. The van der Waals surface area contributed by atoms with E-state index in [0.29, 0.717) is 17.2 Å². The van der Waals surface area contributed by atoms with Crippen molar-refractivity contribution >= 4 is 17.9 Å². The van der Waals surface area contributed by atoms with Gasteiger partial charge in [0.1, 0.15) is 5.60 Å². The van der Waals surface area contributed by atoms with Crippen molar-refractivity contribution in [3.05, 3.63) is 0 Å². The molecule has 0 radical (unpaired) electrons. The lowest BCUT2D eigenvalue weighted by Gasteiger charge is -2.31. The maximum Gasteiger partial charge on any atom is 0.410 e. The van der Waals surface area contributed by atoms with E-state index >= 15 is 0 Å². The number of nitrogens with zero attached hydrogens (tertiary/aromatic N) is 1. The average Bonchev–Trinajstić information content (AvgIpc) is 2.35. The third-order valence-corrected chi connectivity index (χ3v) is 5.00. The highest BCUT2D eigenvalue weighted by molar-refractivity contribution is 7.99. The third-order valence-electron chi connectivity index (χ3n) is 3.63. The van der Waals surface area contributed by atoms with Gasteiger partial charge in [-0.15, -0.1) is 0 Å². The number of carbonyl (C=O) groups excluding carboxylic acids is 1. The van der Waals surface area contributed by atoms with Crippen molar-refractivity contribution in [2.75, 3.05) is 25.9 Å². The van der Waals surface area contributed by atoms with Gasteiger partial charge in [-0.05, 0) is 51.8 Å². The fourth-order valence-electron chi connectivity index (χ4n) is 2.49. The highest BCUT2D eigenvalue weighted by Gasteiger charge is 2.23. The minimum Gasteiger partial charge on any atom is -0.444 e. The van der Waals surface area contributed by atoms with E-state index in [1.165, 1.54) is 18.6 Å².